The number of carboxylic acids is 1. The fourth-order valence-electron chi connectivity index (χ4n) is 3.11. The molecule has 3 nitrogen and oxygen atoms in total. The molecule has 118 valence electrons. The maximum absolute atomic E-state index is 10.7. The molecule has 0 amide bonds. The van der Waals surface area contributed by atoms with Gasteiger partial charge in [0, 0.05) is 12.0 Å². The Hall–Kier alpha value is -1.51. The standard InChI is InChI=1S/C18H28O3/c1-17(2,3)12-18(4,5)14-11-13(8-10-16(19)20)7-9-15(14)21-6/h7,9,11H,8,10,12H2,1-6H3,(H,19,20). The first-order valence-electron chi connectivity index (χ1n) is 7.44. The van der Waals surface area contributed by atoms with Gasteiger partial charge in [0.25, 0.3) is 0 Å². The van der Waals surface area contributed by atoms with E-state index in [1.165, 1.54) is 0 Å². The van der Waals surface area contributed by atoms with Crippen molar-refractivity contribution in [2.45, 2.75) is 59.3 Å². The molecule has 0 unspecified atom stereocenters. The number of ether oxygens (including phenoxy) is 1. The Kier molecular flexibility index (Phi) is 5.43. The maximum atomic E-state index is 10.7. The zero-order valence-corrected chi connectivity index (χ0v) is 14.1. The molecule has 21 heavy (non-hydrogen) atoms. The first kappa shape index (κ1) is 17.5. The van der Waals surface area contributed by atoms with Crippen LogP contribution >= 0.6 is 0 Å². The lowest BCUT2D eigenvalue weighted by Gasteiger charge is -2.34. The van der Waals surface area contributed by atoms with Crippen LogP contribution in [0.5, 0.6) is 5.75 Å². The van der Waals surface area contributed by atoms with Crippen LogP contribution in [0.15, 0.2) is 18.2 Å². The Morgan fingerprint density at radius 1 is 1.19 bits per heavy atom. The van der Waals surface area contributed by atoms with Crippen molar-refractivity contribution in [3.8, 4) is 5.75 Å². The van der Waals surface area contributed by atoms with Gasteiger partial charge < -0.3 is 9.84 Å². The van der Waals surface area contributed by atoms with E-state index >= 15 is 0 Å². The van der Waals surface area contributed by atoms with Crippen molar-refractivity contribution in [3.63, 3.8) is 0 Å². The predicted octanol–water partition coefficient (Wildman–Crippen LogP) is 4.43. The lowest BCUT2D eigenvalue weighted by molar-refractivity contribution is -0.136. The molecule has 3 heteroatoms. The zero-order chi connectivity index (χ0) is 16.3. The molecule has 0 aromatic heterocycles. The van der Waals surface area contributed by atoms with Crippen molar-refractivity contribution in [1.29, 1.82) is 0 Å². The smallest absolute Gasteiger partial charge is 0.303 e. The molecule has 0 fully saturated rings. The van der Waals surface area contributed by atoms with Gasteiger partial charge in [0.15, 0.2) is 0 Å². The third-order valence-electron chi connectivity index (χ3n) is 3.59. The van der Waals surface area contributed by atoms with Gasteiger partial charge in [-0.15, -0.1) is 0 Å². The number of carboxylic acid groups (broad SMARTS) is 1. The van der Waals surface area contributed by atoms with Gasteiger partial charge in [-0.1, -0.05) is 46.8 Å². The molecule has 1 N–H and O–H groups in total. The quantitative estimate of drug-likeness (QED) is 0.844. The van der Waals surface area contributed by atoms with Gasteiger partial charge in [-0.3, -0.25) is 4.79 Å². The number of rotatable bonds is 6. The van der Waals surface area contributed by atoms with Crippen molar-refractivity contribution >= 4 is 5.97 Å². The molecule has 0 atom stereocenters. The van der Waals surface area contributed by atoms with Crippen LogP contribution in [0.2, 0.25) is 0 Å². The summed E-state index contributed by atoms with van der Waals surface area (Å²) in [5.74, 6) is 0.115. The summed E-state index contributed by atoms with van der Waals surface area (Å²) in [5, 5.41) is 8.83. The van der Waals surface area contributed by atoms with Gasteiger partial charge in [0.1, 0.15) is 5.75 Å². The van der Waals surface area contributed by atoms with E-state index in [1.54, 1.807) is 7.11 Å². The summed E-state index contributed by atoms with van der Waals surface area (Å²) in [6.45, 7) is 11.1. The van der Waals surface area contributed by atoms with E-state index in [0.717, 1.165) is 23.3 Å². The predicted molar refractivity (Wildman–Crippen MR) is 86.0 cm³/mol. The van der Waals surface area contributed by atoms with E-state index in [4.69, 9.17) is 9.84 Å². The largest absolute Gasteiger partial charge is 0.496 e. The number of hydrogen-bond donors (Lipinski definition) is 1. The van der Waals surface area contributed by atoms with E-state index in [0.29, 0.717) is 6.42 Å². The van der Waals surface area contributed by atoms with E-state index in [2.05, 4.69) is 40.7 Å². The minimum absolute atomic E-state index is 0.0250. The molecular formula is C18H28O3. The van der Waals surface area contributed by atoms with Gasteiger partial charge in [0.2, 0.25) is 0 Å². The third-order valence-corrected chi connectivity index (χ3v) is 3.59. The van der Waals surface area contributed by atoms with E-state index in [-0.39, 0.29) is 17.3 Å². The topological polar surface area (TPSA) is 46.5 Å². The second kappa shape index (κ2) is 6.50. The lowest BCUT2D eigenvalue weighted by Crippen LogP contribution is -2.25. The average molecular weight is 292 g/mol. The average Bonchev–Trinajstić information content (AvgIpc) is 2.33. The minimum atomic E-state index is -0.763. The highest BCUT2D eigenvalue weighted by molar-refractivity contribution is 5.67. The summed E-state index contributed by atoms with van der Waals surface area (Å²) in [4.78, 5) is 10.7. The molecule has 0 radical (unpaired) electrons. The summed E-state index contributed by atoms with van der Waals surface area (Å²) in [6.07, 6.45) is 1.74. The van der Waals surface area contributed by atoms with Crippen LogP contribution in [0, 0.1) is 5.41 Å². The molecular weight excluding hydrogens is 264 g/mol. The van der Waals surface area contributed by atoms with Crippen LogP contribution < -0.4 is 4.74 Å². The van der Waals surface area contributed by atoms with Crippen molar-refractivity contribution < 1.29 is 14.6 Å². The van der Waals surface area contributed by atoms with Gasteiger partial charge in [-0.2, -0.15) is 0 Å². The number of benzene rings is 1. The Morgan fingerprint density at radius 3 is 2.29 bits per heavy atom. The zero-order valence-electron chi connectivity index (χ0n) is 14.1. The monoisotopic (exact) mass is 292 g/mol. The molecule has 1 rings (SSSR count). The third kappa shape index (κ3) is 5.41. The highest BCUT2D eigenvalue weighted by atomic mass is 16.5. The Morgan fingerprint density at radius 2 is 1.81 bits per heavy atom. The number of aryl methyl sites for hydroxylation is 1. The van der Waals surface area contributed by atoms with Crippen LogP contribution in [0.25, 0.3) is 0 Å². The van der Waals surface area contributed by atoms with Crippen LogP contribution in [-0.2, 0) is 16.6 Å². The molecule has 0 heterocycles. The lowest BCUT2D eigenvalue weighted by atomic mass is 9.71. The molecule has 0 saturated heterocycles. The summed E-state index contributed by atoms with van der Waals surface area (Å²) in [5.41, 5.74) is 2.40. The molecule has 0 aliphatic heterocycles. The molecule has 1 aromatic rings. The number of methoxy groups -OCH3 is 1. The minimum Gasteiger partial charge on any atom is -0.496 e. The van der Waals surface area contributed by atoms with Crippen molar-refractivity contribution in [1.82, 2.24) is 0 Å². The Balaban J connectivity index is 3.12. The summed E-state index contributed by atoms with van der Waals surface area (Å²) in [7, 11) is 1.68. The molecule has 0 saturated carbocycles. The molecule has 0 aliphatic carbocycles. The van der Waals surface area contributed by atoms with Crippen LogP contribution in [0.3, 0.4) is 0 Å². The van der Waals surface area contributed by atoms with E-state index in [9.17, 15) is 4.79 Å². The van der Waals surface area contributed by atoms with Gasteiger partial charge in [0.05, 0.1) is 7.11 Å². The fourth-order valence-corrected chi connectivity index (χ4v) is 3.11. The first-order chi connectivity index (χ1) is 9.55. The molecule has 0 aliphatic rings. The highest BCUT2D eigenvalue weighted by Crippen LogP contribution is 2.40. The van der Waals surface area contributed by atoms with E-state index < -0.39 is 5.97 Å². The number of hydrogen-bond acceptors (Lipinski definition) is 2. The van der Waals surface area contributed by atoms with Gasteiger partial charge >= 0.3 is 5.97 Å². The maximum Gasteiger partial charge on any atom is 0.303 e. The molecule has 1 aromatic carbocycles. The van der Waals surface area contributed by atoms with E-state index in [1.807, 2.05) is 12.1 Å². The highest BCUT2D eigenvalue weighted by Gasteiger charge is 2.30. The second-order valence-corrected chi connectivity index (χ2v) is 7.55. The number of aliphatic carboxylic acids is 1. The summed E-state index contributed by atoms with van der Waals surface area (Å²) < 4.78 is 5.51. The summed E-state index contributed by atoms with van der Waals surface area (Å²) in [6, 6.07) is 6.02. The van der Waals surface area contributed by atoms with Crippen LogP contribution in [-0.4, -0.2) is 18.2 Å². The van der Waals surface area contributed by atoms with Gasteiger partial charge in [-0.25, -0.2) is 0 Å². The SMILES string of the molecule is COc1ccc(CCC(=O)O)cc1C(C)(C)CC(C)(C)C. The molecule has 0 spiro atoms. The molecule has 0 bridgehead atoms. The van der Waals surface area contributed by atoms with Crippen LogP contribution in [0.1, 0.15) is 58.6 Å². The van der Waals surface area contributed by atoms with Crippen molar-refractivity contribution in [2.75, 3.05) is 7.11 Å². The van der Waals surface area contributed by atoms with Crippen molar-refractivity contribution in [2.24, 2.45) is 5.41 Å². The van der Waals surface area contributed by atoms with Gasteiger partial charge in [-0.05, 0) is 35.3 Å². The number of carbonyl (C=O) groups is 1. The fraction of sp³-hybridized carbons (Fsp3) is 0.611. The first-order valence-corrected chi connectivity index (χ1v) is 7.44. The Labute approximate surface area is 128 Å². The summed E-state index contributed by atoms with van der Waals surface area (Å²) >= 11 is 0. The van der Waals surface area contributed by atoms with Crippen LogP contribution in [0.4, 0.5) is 0 Å². The normalized spacial score (nSPS) is 12.3. The second-order valence-electron chi connectivity index (χ2n) is 7.55. The Bertz CT molecular complexity index is 496. The van der Waals surface area contributed by atoms with Crippen molar-refractivity contribution in [3.05, 3.63) is 29.3 Å².